The van der Waals surface area contributed by atoms with Crippen LogP contribution >= 0.6 is 27.5 Å². The predicted octanol–water partition coefficient (Wildman–Crippen LogP) is 5.21. The van der Waals surface area contributed by atoms with Gasteiger partial charge >= 0.3 is 6.03 Å². The summed E-state index contributed by atoms with van der Waals surface area (Å²) >= 11 is 9.46. The van der Waals surface area contributed by atoms with Crippen molar-refractivity contribution in [2.24, 2.45) is 0 Å². The number of carbonyl (C=O) groups is 1. The van der Waals surface area contributed by atoms with Crippen molar-refractivity contribution in [1.29, 1.82) is 0 Å². The van der Waals surface area contributed by atoms with Crippen molar-refractivity contribution in [3.8, 4) is 17.2 Å². The van der Waals surface area contributed by atoms with Crippen molar-refractivity contribution < 1.29 is 19.0 Å². The zero-order valence-electron chi connectivity index (χ0n) is 17.3. The van der Waals surface area contributed by atoms with Gasteiger partial charge in [0.05, 0.1) is 24.8 Å². The van der Waals surface area contributed by atoms with Gasteiger partial charge in [-0.3, -0.25) is 0 Å². The van der Waals surface area contributed by atoms with Gasteiger partial charge in [0.1, 0.15) is 5.75 Å². The van der Waals surface area contributed by atoms with Crippen molar-refractivity contribution in [3.63, 3.8) is 0 Å². The lowest BCUT2D eigenvalue weighted by Gasteiger charge is -2.13. The number of hydrogen-bond acceptors (Lipinski definition) is 4. The molecule has 0 radical (unpaired) electrons. The molecule has 2 amide bonds. The highest BCUT2D eigenvalue weighted by Crippen LogP contribution is 2.29. The van der Waals surface area contributed by atoms with Crippen molar-refractivity contribution >= 4 is 33.6 Å². The summed E-state index contributed by atoms with van der Waals surface area (Å²) in [5.74, 6) is 2.10. The molecule has 0 heterocycles. The standard InChI is InChI=1S/C22H28BrClN2O4/c1-3-28-20-8-6-16(14-21(20)29-4-2)10-12-26-22(27)25-11-5-13-30-19-9-7-17(23)15-18(19)24/h6-9,14-15H,3-5,10-13H2,1-2H3,(H2,25,26,27). The number of hydrogen-bond donors (Lipinski definition) is 2. The molecule has 0 saturated carbocycles. The fourth-order valence-corrected chi connectivity index (χ4v) is 3.41. The topological polar surface area (TPSA) is 68.8 Å². The molecule has 0 saturated heterocycles. The summed E-state index contributed by atoms with van der Waals surface area (Å²) in [7, 11) is 0. The summed E-state index contributed by atoms with van der Waals surface area (Å²) in [4.78, 5) is 11.9. The Morgan fingerprint density at radius 2 is 1.63 bits per heavy atom. The monoisotopic (exact) mass is 498 g/mol. The van der Waals surface area contributed by atoms with E-state index in [2.05, 4.69) is 26.6 Å². The molecule has 8 heteroatoms. The average molecular weight is 500 g/mol. The predicted molar refractivity (Wildman–Crippen MR) is 123 cm³/mol. The Morgan fingerprint density at radius 3 is 2.37 bits per heavy atom. The van der Waals surface area contributed by atoms with E-state index in [-0.39, 0.29) is 6.03 Å². The summed E-state index contributed by atoms with van der Waals surface area (Å²) in [5.41, 5.74) is 1.07. The van der Waals surface area contributed by atoms with Crippen LogP contribution in [0.4, 0.5) is 4.79 Å². The van der Waals surface area contributed by atoms with Gasteiger partial charge in [0, 0.05) is 17.6 Å². The molecule has 0 aliphatic carbocycles. The highest BCUT2D eigenvalue weighted by molar-refractivity contribution is 9.10. The Morgan fingerprint density at radius 1 is 0.933 bits per heavy atom. The van der Waals surface area contributed by atoms with Crippen LogP contribution in [-0.4, -0.2) is 38.9 Å². The van der Waals surface area contributed by atoms with Crippen LogP contribution in [0.5, 0.6) is 17.2 Å². The van der Waals surface area contributed by atoms with Crippen molar-refractivity contribution in [2.75, 3.05) is 32.9 Å². The highest BCUT2D eigenvalue weighted by Gasteiger charge is 2.07. The first-order valence-electron chi connectivity index (χ1n) is 10.0. The van der Waals surface area contributed by atoms with Crippen LogP contribution in [0, 0.1) is 0 Å². The lowest BCUT2D eigenvalue weighted by atomic mass is 10.1. The second-order valence-corrected chi connectivity index (χ2v) is 7.68. The fourth-order valence-electron chi connectivity index (χ4n) is 2.68. The zero-order chi connectivity index (χ0) is 21.8. The normalized spacial score (nSPS) is 10.4. The van der Waals surface area contributed by atoms with Gasteiger partial charge in [0.25, 0.3) is 0 Å². The lowest BCUT2D eigenvalue weighted by Crippen LogP contribution is -2.37. The molecule has 0 atom stereocenters. The molecule has 0 aromatic heterocycles. The third kappa shape index (κ3) is 8.32. The first-order chi connectivity index (χ1) is 14.5. The Hall–Kier alpha value is -2.12. The molecule has 0 spiro atoms. The number of halogens is 2. The molecule has 2 rings (SSSR count). The van der Waals surface area contributed by atoms with Crippen molar-refractivity contribution in [2.45, 2.75) is 26.7 Å². The minimum Gasteiger partial charge on any atom is -0.492 e. The number of nitrogens with one attached hydrogen (secondary N) is 2. The lowest BCUT2D eigenvalue weighted by molar-refractivity contribution is 0.239. The molecule has 0 aliphatic heterocycles. The van der Waals surface area contributed by atoms with E-state index in [0.29, 0.717) is 56.5 Å². The number of ether oxygens (including phenoxy) is 3. The fraction of sp³-hybridized carbons (Fsp3) is 0.409. The molecule has 30 heavy (non-hydrogen) atoms. The van der Waals surface area contributed by atoms with Crippen LogP contribution in [0.1, 0.15) is 25.8 Å². The zero-order valence-corrected chi connectivity index (χ0v) is 19.6. The number of carbonyl (C=O) groups excluding carboxylic acids is 1. The number of benzene rings is 2. The summed E-state index contributed by atoms with van der Waals surface area (Å²) < 4.78 is 17.7. The van der Waals surface area contributed by atoms with E-state index in [0.717, 1.165) is 21.5 Å². The molecule has 0 aliphatic rings. The molecule has 0 unspecified atom stereocenters. The Bertz CT molecular complexity index is 820. The minimum absolute atomic E-state index is 0.201. The van der Waals surface area contributed by atoms with Gasteiger partial charge in [-0.2, -0.15) is 0 Å². The van der Waals surface area contributed by atoms with Gasteiger partial charge in [-0.1, -0.05) is 33.6 Å². The smallest absolute Gasteiger partial charge is 0.314 e. The average Bonchev–Trinajstić information content (AvgIpc) is 2.71. The van der Waals surface area contributed by atoms with Crippen LogP contribution in [0.3, 0.4) is 0 Å². The Labute approximate surface area is 191 Å². The van der Waals surface area contributed by atoms with Crippen molar-refractivity contribution in [1.82, 2.24) is 10.6 Å². The van der Waals surface area contributed by atoms with E-state index in [9.17, 15) is 4.79 Å². The third-order valence-electron chi connectivity index (χ3n) is 4.07. The maximum absolute atomic E-state index is 11.9. The van der Waals surface area contributed by atoms with E-state index in [4.69, 9.17) is 25.8 Å². The van der Waals surface area contributed by atoms with E-state index >= 15 is 0 Å². The number of rotatable bonds is 12. The summed E-state index contributed by atoms with van der Waals surface area (Å²) in [6, 6.07) is 11.1. The molecule has 6 nitrogen and oxygen atoms in total. The quantitative estimate of drug-likeness (QED) is 0.393. The Kier molecular flexibility index (Phi) is 10.7. The molecule has 2 aromatic rings. The molecule has 0 bridgehead atoms. The molecule has 2 N–H and O–H groups in total. The van der Waals surface area contributed by atoms with Crippen LogP contribution in [0.2, 0.25) is 5.02 Å². The number of amides is 2. The van der Waals surface area contributed by atoms with Gasteiger partial charge in [-0.25, -0.2) is 4.79 Å². The van der Waals surface area contributed by atoms with Crippen molar-refractivity contribution in [3.05, 3.63) is 51.5 Å². The molecular weight excluding hydrogens is 472 g/mol. The van der Waals surface area contributed by atoms with Gasteiger partial charge < -0.3 is 24.8 Å². The SMILES string of the molecule is CCOc1ccc(CCNC(=O)NCCCOc2ccc(Br)cc2Cl)cc1OCC. The van der Waals surface area contributed by atoms with E-state index in [1.807, 2.05) is 44.2 Å². The van der Waals surface area contributed by atoms with E-state index in [1.165, 1.54) is 0 Å². The van der Waals surface area contributed by atoms with Gasteiger partial charge in [-0.05, 0) is 62.6 Å². The second kappa shape index (κ2) is 13.2. The number of urea groups is 1. The highest BCUT2D eigenvalue weighted by atomic mass is 79.9. The molecule has 164 valence electrons. The van der Waals surface area contributed by atoms with Gasteiger partial charge in [0.15, 0.2) is 11.5 Å². The van der Waals surface area contributed by atoms with E-state index < -0.39 is 0 Å². The molecular formula is C22H28BrClN2O4. The first-order valence-corrected chi connectivity index (χ1v) is 11.2. The van der Waals surface area contributed by atoms with Crippen LogP contribution in [0.15, 0.2) is 40.9 Å². The van der Waals surface area contributed by atoms with E-state index in [1.54, 1.807) is 6.07 Å². The van der Waals surface area contributed by atoms with Crippen LogP contribution in [0.25, 0.3) is 0 Å². The summed E-state index contributed by atoms with van der Waals surface area (Å²) in [6.07, 6.45) is 1.38. The third-order valence-corrected chi connectivity index (χ3v) is 4.85. The van der Waals surface area contributed by atoms with Gasteiger partial charge in [0.2, 0.25) is 0 Å². The largest absolute Gasteiger partial charge is 0.492 e. The van der Waals surface area contributed by atoms with Crippen LogP contribution in [-0.2, 0) is 6.42 Å². The first kappa shape index (κ1) is 24.2. The molecule has 2 aromatic carbocycles. The minimum atomic E-state index is -0.201. The van der Waals surface area contributed by atoms with Crippen LogP contribution < -0.4 is 24.8 Å². The maximum Gasteiger partial charge on any atom is 0.314 e. The second-order valence-electron chi connectivity index (χ2n) is 6.36. The summed E-state index contributed by atoms with van der Waals surface area (Å²) in [6.45, 7) is 6.53. The maximum atomic E-state index is 11.9. The van der Waals surface area contributed by atoms with Gasteiger partial charge in [-0.15, -0.1) is 0 Å². The molecule has 0 fully saturated rings. The Balaban J connectivity index is 1.64. The summed E-state index contributed by atoms with van der Waals surface area (Å²) in [5, 5.41) is 6.23.